The number of hydrogen-bond donors (Lipinski definition) is 1. The average molecular weight is 433 g/mol. The Labute approximate surface area is 183 Å². The van der Waals surface area contributed by atoms with Crippen LogP contribution in [0, 0.1) is 0 Å². The van der Waals surface area contributed by atoms with E-state index >= 15 is 0 Å². The van der Waals surface area contributed by atoms with Crippen LogP contribution in [0.25, 0.3) is 0 Å². The first-order valence-corrected chi connectivity index (χ1v) is 9.35. The molecule has 0 bridgehead atoms. The molecular weight excluding hydrogens is 407 g/mol. The van der Waals surface area contributed by atoms with Gasteiger partial charge in [0.1, 0.15) is 0 Å². The predicted molar refractivity (Wildman–Crippen MR) is 120 cm³/mol. The first kappa shape index (κ1) is 22.9. The van der Waals surface area contributed by atoms with Gasteiger partial charge in [0, 0.05) is 32.3 Å². The maximum atomic E-state index is 12.8. The van der Waals surface area contributed by atoms with Crippen molar-refractivity contribution in [3.05, 3.63) is 89.5 Å². The molecule has 1 aliphatic heterocycles. The summed E-state index contributed by atoms with van der Waals surface area (Å²) in [6, 6.07) is 18.0. The van der Waals surface area contributed by atoms with Gasteiger partial charge in [0.15, 0.2) is 0 Å². The zero-order valence-electron chi connectivity index (χ0n) is 16.1. The minimum absolute atomic E-state index is 0. The van der Waals surface area contributed by atoms with Crippen LogP contribution in [0.15, 0.2) is 67.1 Å². The molecule has 4 rings (SSSR count). The van der Waals surface area contributed by atoms with Crippen LogP contribution in [0.1, 0.15) is 22.4 Å². The number of nitrogens with zero attached hydrogens (tertiary/aromatic N) is 3. The highest BCUT2D eigenvalue weighted by Crippen LogP contribution is 2.19. The van der Waals surface area contributed by atoms with Crippen molar-refractivity contribution < 1.29 is 4.79 Å². The molecule has 0 radical (unpaired) electrons. The van der Waals surface area contributed by atoms with Gasteiger partial charge in [-0.1, -0.05) is 54.6 Å². The number of carbonyl (C=O) groups is 1. The van der Waals surface area contributed by atoms with E-state index in [4.69, 9.17) is 5.73 Å². The first-order valence-electron chi connectivity index (χ1n) is 9.35. The molecule has 1 atom stereocenters. The van der Waals surface area contributed by atoms with Crippen LogP contribution >= 0.6 is 24.8 Å². The van der Waals surface area contributed by atoms with Crippen LogP contribution in [0.2, 0.25) is 0 Å². The van der Waals surface area contributed by atoms with Crippen molar-refractivity contribution in [3.8, 4) is 0 Å². The van der Waals surface area contributed by atoms with E-state index in [2.05, 4.69) is 29.2 Å². The highest BCUT2D eigenvalue weighted by Gasteiger charge is 2.25. The van der Waals surface area contributed by atoms with Gasteiger partial charge in [-0.15, -0.1) is 24.8 Å². The van der Waals surface area contributed by atoms with Gasteiger partial charge in [0.25, 0.3) is 0 Å². The number of aromatic nitrogens is 2. The van der Waals surface area contributed by atoms with Gasteiger partial charge in [0.2, 0.25) is 5.91 Å². The Morgan fingerprint density at radius 1 is 1.03 bits per heavy atom. The second-order valence-electron chi connectivity index (χ2n) is 7.11. The van der Waals surface area contributed by atoms with Gasteiger partial charge >= 0.3 is 0 Å². The molecule has 7 heteroatoms. The molecule has 2 N–H and O–H groups in total. The molecule has 0 saturated heterocycles. The lowest BCUT2D eigenvalue weighted by atomic mass is 9.99. The molecule has 2 heterocycles. The fraction of sp³-hybridized carbons (Fsp3) is 0.273. The molecule has 154 valence electrons. The lowest BCUT2D eigenvalue weighted by molar-refractivity contribution is -0.133. The second-order valence-corrected chi connectivity index (χ2v) is 7.11. The summed E-state index contributed by atoms with van der Waals surface area (Å²) in [5.74, 6) is 0.00196. The third kappa shape index (κ3) is 5.60. The molecule has 0 unspecified atom stereocenters. The summed E-state index contributed by atoms with van der Waals surface area (Å²) in [6.07, 6.45) is 5.13. The second kappa shape index (κ2) is 10.4. The van der Waals surface area contributed by atoms with Crippen LogP contribution in [0.4, 0.5) is 0 Å². The summed E-state index contributed by atoms with van der Waals surface area (Å²) in [4.78, 5) is 19.1. The van der Waals surface area contributed by atoms with Crippen molar-refractivity contribution in [3.63, 3.8) is 0 Å². The highest BCUT2D eigenvalue weighted by molar-refractivity contribution is 5.85. The van der Waals surface area contributed by atoms with Crippen LogP contribution in [0.3, 0.4) is 0 Å². The Kier molecular flexibility index (Phi) is 8.26. The van der Waals surface area contributed by atoms with Crippen LogP contribution < -0.4 is 5.73 Å². The predicted octanol–water partition coefficient (Wildman–Crippen LogP) is 3.23. The van der Waals surface area contributed by atoms with Crippen molar-refractivity contribution in [2.24, 2.45) is 5.73 Å². The van der Waals surface area contributed by atoms with Crippen LogP contribution in [-0.4, -0.2) is 32.9 Å². The smallest absolute Gasteiger partial charge is 0.240 e. The van der Waals surface area contributed by atoms with E-state index in [0.29, 0.717) is 13.0 Å². The number of hydrogen-bond acceptors (Lipinski definition) is 3. The fourth-order valence-electron chi connectivity index (χ4n) is 3.62. The van der Waals surface area contributed by atoms with Crippen molar-refractivity contribution in [1.82, 2.24) is 14.5 Å². The number of nitrogens with two attached hydrogens (primary N) is 1. The van der Waals surface area contributed by atoms with Gasteiger partial charge in [-0.25, -0.2) is 4.98 Å². The molecule has 1 aliphatic rings. The molecule has 0 spiro atoms. The molecule has 3 aromatic rings. The van der Waals surface area contributed by atoms with E-state index in [0.717, 1.165) is 25.2 Å². The Bertz CT molecular complexity index is 929. The quantitative estimate of drug-likeness (QED) is 0.672. The molecule has 0 saturated carbocycles. The van der Waals surface area contributed by atoms with Gasteiger partial charge < -0.3 is 15.2 Å². The van der Waals surface area contributed by atoms with Crippen molar-refractivity contribution in [2.45, 2.75) is 32.0 Å². The normalized spacial score (nSPS) is 13.6. The first-order chi connectivity index (χ1) is 13.2. The van der Waals surface area contributed by atoms with Crippen molar-refractivity contribution in [2.75, 3.05) is 6.54 Å². The Hall–Kier alpha value is -2.34. The standard InChI is InChI=1S/C22H24N4O.2ClH/c23-21(22(27)26-11-10-18-8-4-5-9-19(18)14-26)12-20-15-25(16-24-20)13-17-6-2-1-3-7-17;;/h1-9,15-16,21H,10-14,23H2;2*1H/t21-;;/m0../s1. The van der Waals surface area contributed by atoms with Gasteiger partial charge in [0.05, 0.1) is 18.1 Å². The van der Waals surface area contributed by atoms with Gasteiger partial charge in [-0.3, -0.25) is 4.79 Å². The SMILES string of the molecule is Cl.Cl.N[C@@H](Cc1cn(Cc2ccccc2)cn1)C(=O)N1CCc2ccccc2C1. The minimum Gasteiger partial charge on any atom is -0.337 e. The van der Waals surface area contributed by atoms with E-state index in [1.807, 2.05) is 46.0 Å². The minimum atomic E-state index is -0.560. The largest absolute Gasteiger partial charge is 0.337 e. The summed E-state index contributed by atoms with van der Waals surface area (Å²) in [5.41, 5.74) is 10.8. The van der Waals surface area contributed by atoms with E-state index in [1.54, 1.807) is 6.33 Å². The summed E-state index contributed by atoms with van der Waals surface area (Å²) in [5, 5.41) is 0. The molecule has 5 nitrogen and oxygen atoms in total. The molecule has 1 amide bonds. The lowest BCUT2D eigenvalue weighted by Crippen LogP contribution is -2.46. The summed E-state index contributed by atoms with van der Waals surface area (Å²) < 4.78 is 2.03. The summed E-state index contributed by atoms with van der Waals surface area (Å²) in [7, 11) is 0. The zero-order chi connectivity index (χ0) is 18.6. The molecule has 2 aromatic carbocycles. The number of halogens is 2. The molecule has 1 aromatic heterocycles. The Morgan fingerprint density at radius 2 is 1.72 bits per heavy atom. The molecule has 29 heavy (non-hydrogen) atoms. The van der Waals surface area contributed by atoms with Gasteiger partial charge in [-0.05, 0) is 23.1 Å². The van der Waals surface area contributed by atoms with Crippen molar-refractivity contribution in [1.29, 1.82) is 0 Å². The van der Waals surface area contributed by atoms with E-state index in [-0.39, 0.29) is 30.7 Å². The number of benzene rings is 2. The molecular formula is C22H26Cl2N4O. The van der Waals surface area contributed by atoms with Gasteiger partial charge in [-0.2, -0.15) is 0 Å². The highest BCUT2D eigenvalue weighted by atomic mass is 35.5. The number of carbonyl (C=O) groups excluding carboxylic acids is 1. The Morgan fingerprint density at radius 3 is 2.48 bits per heavy atom. The number of rotatable bonds is 5. The topological polar surface area (TPSA) is 64.2 Å². The molecule has 0 fully saturated rings. The Balaban J connectivity index is 0.00000150. The summed E-state index contributed by atoms with van der Waals surface area (Å²) in [6.45, 7) is 2.14. The van der Waals surface area contributed by atoms with Crippen LogP contribution in [0.5, 0.6) is 0 Å². The third-order valence-electron chi connectivity index (χ3n) is 5.08. The maximum Gasteiger partial charge on any atom is 0.240 e. The van der Waals surface area contributed by atoms with E-state index in [9.17, 15) is 4.79 Å². The van der Waals surface area contributed by atoms with E-state index < -0.39 is 6.04 Å². The fourth-order valence-corrected chi connectivity index (χ4v) is 3.62. The average Bonchev–Trinajstić information content (AvgIpc) is 3.14. The number of imidazole rings is 1. The lowest BCUT2D eigenvalue weighted by Gasteiger charge is -2.30. The molecule has 0 aliphatic carbocycles. The van der Waals surface area contributed by atoms with E-state index in [1.165, 1.54) is 16.7 Å². The zero-order valence-corrected chi connectivity index (χ0v) is 17.7. The third-order valence-corrected chi connectivity index (χ3v) is 5.08. The maximum absolute atomic E-state index is 12.8. The van der Waals surface area contributed by atoms with Crippen molar-refractivity contribution >= 4 is 30.7 Å². The summed E-state index contributed by atoms with van der Waals surface area (Å²) >= 11 is 0. The monoisotopic (exact) mass is 432 g/mol. The number of fused-ring (bicyclic) bond motifs is 1. The van der Waals surface area contributed by atoms with Crippen LogP contribution in [-0.2, 0) is 30.7 Å². The number of amides is 1.